The summed E-state index contributed by atoms with van der Waals surface area (Å²) in [5.41, 5.74) is 1.27. The second-order valence-electron chi connectivity index (χ2n) is 10.6. The Labute approximate surface area is 201 Å². The van der Waals surface area contributed by atoms with Gasteiger partial charge in [0.25, 0.3) is 0 Å². The summed E-state index contributed by atoms with van der Waals surface area (Å²) in [5, 5.41) is 3.01. The largest absolute Gasteiger partial charge is 0.447 e. The van der Waals surface area contributed by atoms with E-state index in [1.807, 2.05) is 33.0 Å². The van der Waals surface area contributed by atoms with Crippen molar-refractivity contribution in [3.63, 3.8) is 0 Å². The highest BCUT2D eigenvalue weighted by atomic mass is 32.1. The minimum Gasteiger partial charge on any atom is -0.447 e. The number of alkyl carbamates (subject to hydrolysis) is 1. The summed E-state index contributed by atoms with van der Waals surface area (Å²) in [7, 11) is 0. The summed E-state index contributed by atoms with van der Waals surface area (Å²) in [6.45, 7) is 16.1. The maximum absolute atomic E-state index is 13.6. The number of hydrogen-bond donors (Lipinski definition) is 1. The number of nitrogens with zero attached hydrogens (tertiary/aromatic N) is 2. The van der Waals surface area contributed by atoms with Crippen molar-refractivity contribution in [2.75, 3.05) is 13.1 Å². The van der Waals surface area contributed by atoms with Gasteiger partial charge in [-0.15, -0.1) is 11.3 Å². The molecule has 1 amide bonds. The molecule has 3 heterocycles. The minimum absolute atomic E-state index is 0.155. The highest BCUT2D eigenvalue weighted by molar-refractivity contribution is 7.10. The van der Waals surface area contributed by atoms with E-state index in [4.69, 9.17) is 4.74 Å². The number of carbonyl (C=O) groups excluding carboxylic acids is 1. The molecule has 0 spiro atoms. The van der Waals surface area contributed by atoms with Gasteiger partial charge in [0.2, 0.25) is 0 Å². The first-order valence-electron chi connectivity index (χ1n) is 11.8. The highest BCUT2D eigenvalue weighted by Gasteiger charge is 2.52. The Morgan fingerprint density at radius 1 is 1.27 bits per heavy atom. The van der Waals surface area contributed by atoms with Crippen molar-refractivity contribution in [1.29, 1.82) is 0 Å². The maximum Gasteiger partial charge on any atom is 0.407 e. The number of rotatable bonds is 8. The summed E-state index contributed by atoms with van der Waals surface area (Å²) in [4.78, 5) is 20.6. The molecular weight excluding hydrogens is 437 g/mol. The fraction of sp³-hybridized carbons (Fsp3) is 0.615. The van der Waals surface area contributed by atoms with Gasteiger partial charge in [0.05, 0.1) is 6.10 Å². The van der Waals surface area contributed by atoms with Crippen LogP contribution in [-0.4, -0.2) is 40.7 Å². The molecule has 1 N–H and O–H groups in total. The molecule has 1 atom stereocenters. The molecule has 0 aliphatic carbocycles. The summed E-state index contributed by atoms with van der Waals surface area (Å²) >= 11 is 1.21. The molecule has 0 radical (unpaired) electrons. The first-order valence-corrected chi connectivity index (χ1v) is 12.6. The smallest absolute Gasteiger partial charge is 0.407 e. The Morgan fingerprint density at radius 3 is 2.58 bits per heavy atom. The molecule has 2 aromatic rings. The van der Waals surface area contributed by atoms with E-state index in [1.54, 1.807) is 0 Å². The van der Waals surface area contributed by atoms with Crippen molar-refractivity contribution >= 4 is 17.4 Å². The number of thiophene rings is 1. The SMILES string of the molecule is Cc1ccc(C(C)(C)N2CCC(CCc3ccc(F)s3)(C(C)(C)NC(=O)OC(C)C)C2)cn1. The molecule has 33 heavy (non-hydrogen) atoms. The Hall–Kier alpha value is -1.99. The van der Waals surface area contributed by atoms with Gasteiger partial charge in [0.15, 0.2) is 5.13 Å². The quantitative estimate of drug-likeness (QED) is 0.504. The van der Waals surface area contributed by atoms with Gasteiger partial charge in [-0.2, -0.15) is 4.39 Å². The van der Waals surface area contributed by atoms with Gasteiger partial charge in [0, 0.05) is 39.8 Å². The first-order chi connectivity index (χ1) is 15.3. The molecule has 2 aromatic heterocycles. The second kappa shape index (κ2) is 9.71. The number of ether oxygens (including phenoxy) is 1. The van der Waals surface area contributed by atoms with Crippen LogP contribution in [-0.2, 0) is 16.7 Å². The van der Waals surface area contributed by atoms with Crippen molar-refractivity contribution < 1.29 is 13.9 Å². The molecule has 0 bridgehead atoms. The van der Waals surface area contributed by atoms with Crippen LogP contribution in [0.5, 0.6) is 0 Å². The van der Waals surface area contributed by atoms with Gasteiger partial charge in [-0.05, 0) is 98.0 Å². The second-order valence-corrected chi connectivity index (χ2v) is 11.7. The van der Waals surface area contributed by atoms with Crippen molar-refractivity contribution in [1.82, 2.24) is 15.2 Å². The van der Waals surface area contributed by atoms with E-state index in [0.717, 1.165) is 42.9 Å². The van der Waals surface area contributed by atoms with Gasteiger partial charge in [-0.3, -0.25) is 9.88 Å². The lowest BCUT2D eigenvalue weighted by Crippen LogP contribution is -2.58. The van der Waals surface area contributed by atoms with Gasteiger partial charge in [-0.25, -0.2) is 4.79 Å². The lowest BCUT2D eigenvalue weighted by molar-refractivity contribution is 0.0571. The Morgan fingerprint density at radius 2 is 2.00 bits per heavy atom. The monoisotopic (exact) mass is 475 g/mol. The maximum atomic E-state index is 13.6. The molecule has 182 valence electrons. The number of nitrogens with one attached hydrogen (secondary N) is 1. The third-order valence-corrected chi connectivity index (χ3v) is 8.26. The van der Waals surface area contributed by atoms with Crippen LogP contribution in [0.25, 0.3) is 0 Å². The van der Waals surface area contributed by atoms with Crippen LogP contribution in [0.3, 0.4) is 0 Å². The van der Waals surface area contributed by atoms with Crippen molar-refractivity contribution in [2.24, 2.45) is 5.41 Å². The molecule has 1 unspecified atom stereocenters. The zero-order valence-electron chi connectivity index (χ0n) is 21.0. The molecule has 7 heteroatoms. The van der Waals surface area contributed by atoms with Crippen LogP contribution in [0.1, 0.15) is 70.5 Å². The lowest BCUT2D eigenvalue weighted by Gasteiger charge is -2.46. The normalized spacial score (nSPS) is 19.8. The van der Waals surface area contributed by atoms with Crippen molar-refractivity contribution in [3.8, 4) is 0 Å². The number of likely N-dealkylation sites (tertiary alicyclic amines) is 1. The predicted octanol–water partition coefficient (Wildman–Crippen LogP) is 6.06. The topological polar surface area (TPSA) is 54.5 Å². The number of hydrogen-bond acceptors (Lipinski definition) is 5. The third-order valence-electron chi connectivity index (χ3n) is 7.32. The predicted molar refractivity (Wildman–Crippen MR) is 132 cm³/mol. The summed E-state index contributed by atoms with van der Waals surface area (Å²) in [5.74, 6) is 0. The lowest BCUT2D eigenvalue weighted by atomic mass is 9.67. The van der Waals surface area contributed by atoms with E-state index in [2.05, 4.69) is 55.0 Å². The highest BCUT2D eigenvalue weighted by Crippen LogP contribution is 2.48. The molecule has 1 fully saturated rings. The molecule has 5 nitrogen and oxygen atoms in total. The van der Waals surface area contributed by atoms with E-state index in [0.29, 0.717) is 0 Å². The van der Waals surface area contributed by atoms with Crippen molar-refractivity contribution in [2.45, 2.75) is 84.9 Å². The van der Waals surface area contributed by atoms with E-state index < -0.39 is 11.6 Å². The number of carbonyl (C=O) groups is 1. The van der Waals surface area contributed by atoms with Crippen LogP contribution in [0, 0.1) is 17.5 Å². The fourth-order valence-electron chi connectivity index (χ4n) is 4.87. The van der Waals surface area contributed by atoms with E-state index in [-0.39, 0.29) is 22.2 Å². The van der Waals surface area contributed by atoms with Crippen LogP contribution in [0.4, 0.5) is 9.18 Å². The van der Waals surface area contributed by atoms with E-state index in [1.165, 1.54) is 23.0 Å². The van der Waals surface area contributed by atoms with Crippen LogP contribution in [0.2, 0.25) is 0 Å². The van der Waals surface area contributed by atoms with Gasteiger partial charge < -0.3 is 10.1 Å². The Bertz CT molecular complexity index is 955. The molecule has 1 aliphatic rings. The molecule has 0 saturated carbocycles. The summed E-state index contributed by atoms with van der Waals surface area (Å²) in [6.07, 6.45) is 3.95. The summed E-state index contributed by atoms with van der Waals surface area (Å²) < 4.78 is 19.0. The average Bonchev–Trinajstić information content (AvgIpc) is 3.33. The number of aromatic nitrogens is 1. The van der Waals surface area contributed by atoms with Gasteiger partial charge in [0.1, 0.15) is 0 Å². The minimum atomic E-state index is -0.509. The molecular formula is C26H38FN3O2S. The van der Waals surface area contributed by atoms with Crippen LogP contribution < -0.4 is 5.32 Å². The van der Waals surface area contributed by atoms with E-state index in [9.17, 15) is 9.18 Å². The molecule has 0 aromatic carbocycles. The van der Waals surface area contributed by atoms with E-state index >= 15 is 0 Å². The Balaban J connectivity index is 1.87. The standard InChI is InChI=1S/C26H38FN3O2S/c1-18(2)32-23(31)29-25(6,7)26(13-12-21-10-11-22(27)33-21)14-15-30(17-26)24(4,5)20-9-8-19(3)28-16-20/h8-11,16,18H,12-15,17H2,1-7H3,(H,29,31). The van der Waals surface area contributed by atoms with Crippen LogP contribution >= 0.6 is 11.3 Å². The zero-order valence-corrected chi connectivity index (χ0v) is 21.8. The van der Waals surface area contributed by atoms with Gasteiger partial charge >= 0.3 is 6.09 Å². The first kappa shape index (κ1) is 25.6. The number of amides is 1. The van der Waals surface area contributed by atoms with Crippen LogP contribution in [0.15, 0.2) is 30.5 Å². The number of aryl methyl sites for hydroxylation is 2. The Kier molecular flexibility index (Phi) is 7.54. The number of pyridine rings is 1. The number of halogens is 1. The molecule has 3 rings (SSSR count). The van der Waals surface area contributed by atoms with Crippen molar-refractivity contribution in [3.05, 3.63) is 51.7 Å². The molecule has 1 saturated heterocycles. The van der Waals surface area contributed by atoms with Gasteiger partial charge in [-0.1, -0.05) is 6.07 Å². The third kappa shape index (κ3) is 5.75. The zero-order chi connectivity index (χ0) is 24.4. The molecule has 1 aliphatic heterocycles. The summed E-state index contributed by atoms with van der Waals surface area (Å²) in [6, 6.07) is 7.61. The fourth-order valence-corrected chi connectivity index (χ4v) is 5.60. The average molecular weight is 476 g/mol.